The molecule has 2 fully saturated rings. The van der Waals surface area contributed by atoms with E-state index in [1.54, 1.807) is 0 Å². The molecule has 0 aromatic heterocycles. The summed E-state index contributed by atoms with van der Waals surface area (Å²) in [6.07, 6.45) is 3.19. The van der Waals surface area contributed by atoms with E-state index in [0.717, 1.165) is 19.3 Å². The fourth-order valence-corrected chi connectivity index (χ4v) is 4.69. The zero-order valence-corrected chi connectivity index (χ0v) is 14.5. The molecular weight excluding hydrogens is 294 g/mol. The summed E-state index contributed by atoms with van der Waals surface area (Å²) in [7, 11) is 0. The molecule has 2 aromatic carbocycles. The molecule has 1 aliphatic carbocycles. The molecule has 2 bridgehead atoms. The third-order valence-electron chi connectivity index (χ3n) is 5.97. The largest absolute Gasteiger partial charge is 0.302 e. The molecule has 0 spiro atoms. The standard InChI is InChI=1S/C22H25NO/c1-14-8-3-5-10-16(14)20-18-12-7-13-19(22(18)24)21(23-20)17-11-6-4-9-15(17)2/h3-6,8-11,18-21,23H,7,12-13H2,1-2H3. The van der Waals surface area contributed by atoms with Crippen LogP contribution in [0.2, 0.25) is 0 Å². The van der Waals surface area contributed by atoms with Gasteiger partial charge in [-0.1, -0.05) is 55.0 Å². The van der Waals surface area contributed by atoms with Gasteiger partial charge >= 0.3 is 0 Å². The molecule has 4 unspecified atom stereocenters. The number of Topliss-reactive ketones (excluding diaryl/α,β-unsaturated/α-hetero) is 1. The molecule has 1 saturated heterocycles. The fourth-order valence-electron chi connectivity index (χ4n) is 4.69. The lowest BCUT2D eigenvalue weighted by atomic mass is 9.66. The molecule has 2 aliphatic rings. The van der Waals surface area contributed by atoms with Crippen LogP contribution in [0.5, 0.6) is 0 Å². The smallest absolute Gasteiger partial charge is 0.142 e. The molecule has 2 nitrogen and oxygen atoms in total. The van der Waals surface area contributed by atoms with Crippen LogP contribution in [0.1, 0.15) is 53.6 Å². The van der Waals surface area contributed by atoms with Crippen LogP contribution >= 0.6 is 0 Å². The highest BCUT2D eigenvalue weighted by Crippen LogP contribution is 2.46. The average molecular weight is 319 g/mol. The van der Waals surface area contributed by atoms with E-state index in [2.05, 4.69) is 67.7 Å². The number of rotatable bonds is 2. The Balaban J connectivity index is 1.78. The van der Waals surface area contributed by atoms with Crippen LogP contribution in [-0.4, -0.2) is 5.78 Å². The number of hydrogen-bond acceptors (Lipinski definition) is 2. The third kappa shape index (κ3) is 2.50. The van der Waals surface area contributed by atoms with Gasteiger partial charge in [-0.05, 0) is 48.9 Å². The zero-order chi connectivity index (χ0) is 16.7. The van der Waals surface area contributed by atoms with Gasteiger partial charge in [0.1, 0.15) is 5.78 Å². The number of aryl methyl sites for hydroxylation is 2. The Morgan fingerprint density at radius 3 is 1.71 bits per heavy atom. The van der Waals surface area contributed by atoms with Gasteiger partial charge in [-0.3, -0.25) is 4.79 Å². The number of fused-ring (bicyclic) bond motifs is 2. The van der Waals surface area contributed by atoms with E-state index in [9.17, 15) is 4.79 Å². The molecule has 1 heterocycles. The monoisotopic (exact) mass is 319 g/mol. The van der Waals surface area contributed by atoms with Crippen LogP contribution in [0.25, 0.3) is 0 Å². The van der Waals surface area contributed by atoms with Crippen molar-refractivity contribution in [3.63, 3.8) is 0 Å². The van der Waals surface area contributed by atoms with Gasteiger partial charge in [-0.25, -0.2) is 0 Å². The molecule has 1 aliphatic heterocycles. The molecule has 1 saturated carbocycles. The Morgan fingerprint density at radius 2 is 1.25 bits per heavy atom. The van der Waals surface area contributed by atoms with E-state index >= 15 is 0 Å². The van der Waals surface area contributed by atoms with Crippen molar-refractivity contribution in [1.29, 1.82) is 0 Å². The molecule has 124 valence electrons. The number of ketones is 1. The second-order valence-corrected chi connectivity index (χ2v) is 7.38. The normalized spacial score (nSPS) is 29.5. The molecule has 2 aromatic rings. The average Bonchev–Trinajstić information content (AvgIpc) is 2.57. The van der Waals surface area contributed by atoms with E-state index in [1.807, 2.05) is 0 Å². The van der Waals surface area contributed by atoms with Crippen LogP contribution in [-0.2, 0) is 4.79 Å². The predicted molar refractivity (Wildman–Crippen MR) is 96.8 cm³/mol. The van der Waals surface area contributed by atoms with Gasteiger partial charge in [0.05, 0.1) is 0 Å². The summed E-state index contributed by atoms with van der Waals surface area (Å²) in [6.45, 7) is 4.30. The highest BCUT2D eigenvalue weighted by molar-refractivity contribution is 5.87. The number of hydrogen-bond donors (Lipinski definition) is 1. The van der Waals surface area contributed by atoms with Gasteiger partial charge in [0.2, 0.25) is 0 Å². The van der Waals surface area contributed by atoms with E-state index in [4.69, 9.17) is 0 Å². The first-order valence-corrected chi connectivity index (χ1v) is 9.07. The molecule has 4 rings (SSSR count). The minimum Gasteiger partial charge on any atom is -0.302 e. The minimum atomic E-state index is 0.130. The number of nitrogens with one attached hydrogen (secondary N) is 1. The summed E-state index contributed by atoms with van der Waals surface area (Å²) >= 11 is 0. The second-order valence-electron chi connectivity index (χ2n) is 7.38. The zero-order valence-electron chi connectivity index (χ0n) is 14.5. The van der Waals surface area contributed by atoms with Crippen molar-refractivity contribution in [2.24, 2.45) is 11.8 Å². The molecule has 0 amide bonds. The number of benzene rings is 2. The summed E-state index contributed by atoms with van der Waals surface area (Å²) < 4.78 is 0. The molecule has 24 heavy (non-hydrogen) atoms. The van der Waals surface area contributed by atoms with E-state index in [0.29, 0.717) is 5.78 Å². The van der Waals surface area contributed by atoms with Crippen molar-refractivity contribution in [2.75, 3.05) is 0 Å². The Labute approximate surface area is 144 Å². The Bertz CT molecular complexity index is 705. The molecule has 1 N–H and O–H groups in total. The lowest BCUT2D eigenvalue weighted by molar-refractivity contribution is -0.135. The Morgan fingerprint density at radius 1 is 0.792 bits per heavy atom. The fraction of sp³-hybridized carbons (Fsp3) is 0.409. The van der Waals surface area contributed by atoms with Crippen LogP contribution in [0.3, 0.4) is 0 Å². The van der Waals surface area contributed by atoms with Gasteiger partial charge in [0.15, 0.2) is 0 Å². The maximum Gasteiger partial charge on any atom is 0.142 e. The van der Waals surface area contributed by atoms with Gasteiger partial charge in [-0.2, -0.15) is 0 Å². The second kappa shape index (κ2) is 6.18. The van der Waals surface area contributed by atoms with Crippen molar-refractivity contribution in [1.82, 2.24) is 5.32 Å². The molecule has 2 heteroatoms. The van der Waals surface area contributed by atoms with Crippen LogP contribution in [0.4, 0.5) is 0 Å². The summed E-state index contributed by atoms with van der Waals surface area (Å²) in [5.41, 5.74) is 5.12. The Hall–Kier alpha value is -1.93. The van der Waals surface area contributed by atoms with Crippen molar-refractivity contribution in [3.05, 3.63) is 70.8 Å². The highest BCUT2D eigenvalue weighted by Gasteiger charge is 2.46. The molecule has 4 atom stereocenters. The van der Waals surface area contributed by atoms with E-state index < -0.39 is 0 Å². The lowest BCUT2D eigenvalue weighted by Gasteiger charge is -2.46. The van der Waals surface area contributed by atoms with Crippen molar-refractivity contribution >= 4 is 5.78 Å². The van der Waals surface area contributed by atoms with E-state index in [-0.39, 0.29) is 23.9 Å². The quantitative estimate of drug-likeness (QED) is 0.871. The maximum atomic E-state index is 13.2. The first-order chi connectivity index (χ1) is 11.7. The predicted octanol–water partition coefficient (Wildman–Crippen LogP) is 4.67. The van der Waals surface area contributed by atoms with Crippen LogP contribution < -0.4 is 5.32 Å². The van der Waals surface area contributed by atoms with Gasteiger partial charge in [0, 0.05) is 23.9 Å². The molecular formula is C22H25NO. The van der Waals surface area contributed by atoms with Crippen molar-refractivity contribution in [2.45, 2.75) is 45.2 Å². The third-order valence-corrected chi connectivity index (χ3v) is 5.97. The first-order valence-electron chi connectivity index (χ1n) is 9.07. The summed E-state index contributed by atoms with van der Waals surface area (Å²) in [4.78, 5) is 13.2. The van der Waals surface area contributed by atoms with Gasteiger partial charge < -0.3 is 5.32 Å². The van der Waals surface area contributed by atoms with Gasteiger partial charge in [0.25, 0.3) is 0 Å². The summed E-state index contributed by atoms with van der Waals surface area (Å²) in [6, 6.07) is 17.3. The lowest BCUT2D eigenvalue weighted by Crippen LogP contribution is -2.50. The topological polar surface area (TPSA) is 29.1 Å². The van der Waals surface area contributed by atoms with Crippen LogP contribution in [0.15, 0.2) is 48.5 Å². The number of carbonyl (C=O) groups excluding carboxylic acids is 1. The summed E-state index contributed by atoms with van der Waals surface area (Å²) in [5.74, 6) is 0.733. The SMILES string of the molecule is Cc1ccccc1C1NC(c2ccccc2C)C2CCCC1C2=O. The molecule has 0 radical (unpaired) electrons. The van der Waals surface area contributed by atoms with Gasteiger partial charge in [-0.15, -0.1) is 0 Å². The highest BCUT2D eigenvalue weighted by atomic mass is 16.1. The number of carbonyl (C=O) groups is 1. The minimum absolute atomic E-state index is 0.130. The maximum absolute atomic E-state index is 13.2. The van der Waals surface area contributed by atoms with Crippen molar-refractivity contribution in [3.8, 4) is 0 Å². The Kier molecular flexibility index (Phi) is 4.01. The van der Waals surface area contributed by atoms with Crippen molar-refractivity contribution < 1.29 is 4.79 Å². The van der Waals surface area contributed by atoms with Crippen LogP contribution in [0, 0.1) is 25.7 Å². The first kappa shape index (κ1) is 15.6. The van der Waals surface area contributed by atoms with E-state index in [1.165, 1.54) is 22.3 Å². The number of piperidine rings is 1. The summed E-state index contributed by atoms with van der Waals surface area (Å²) in [5, 5.41) is 3.88.